The second-order valence-electron chi connectivity index (χ2n) is 6.22. The van der Waals surface area contributed by atoms with E-state index in [1.54, 1.807) is 43.5 Å². The zero-order valence-electron chi connectivity index (χ0n) is 14.6. The monoisotopic (exact) mass is 436 g/mol. The molecule has 1 aliphatic rings. The largest absolute Gasteiger partial charge is 0.496 e. The van der Waals surface area contributed by atoms with E-state index in [9.17, 15) is 8.42 Å². The Hall–Kier alpha value is -1.83. The van der Waals surface area contributed by atoms with Crippen molar-refractivity contribution in [1.82, 2.24) is 5.32 Å². The second kappa shape index (κ2) is 7.82. The molecule has 0 aromatic heterocycles. The van der Waals surface area contributed by atoms with E-state index in [1.807, 2.05) is 6.07 Å². The molecule has 2 aromatic carbocycles. The molecule has 0 fully saturated rings. The van der Waals surface area contributed by atoms with Crippen molar-refractivity contribution in [2.75, 3.05) is 18.4 Å². The van der Waals surface area contributed by atoms with E-state index in [4.69, 9.17) is 4.74 Å². The second-order valence-corrected chi connectivity index (χ2v) is 8.82. The summed E-state index contributed by atoms with van der Waals surface area (Å²) in [4.78, 5) is 0.216. The molecule has 0 bridgehead atoms. The average Bonchev–Trinajstić information content (AvgIpc) is 2.62. The zero-order chi connectivity index (χ0) is 18.7. The molecule has 1 aliphatic heterocycles. The molecule has 0 saturated carbocycles. The first-order valence-corrected chi connectivity index (χ1v) is 10.6. The fourth-order valence-electron chi connectivity index (χ4n) is 2.94. The molecule has 26 heavy (non-hydrogen) atoms. The summed E-state index contributed by atoms with van der Waals surface area (Å²) in [5.41, 5.74) is 2.57. The van der Waals surface area contributed by atoms with Gasteiger partial charge in [0.25, 0.3) is 10.0 Å². The zero-order valence-corrected chi connectivity index (χ0v) is 17.0. The number of nitrogens with one attached hydrogen (secondary N) is 2. The number of hydrogen-bond acceptors (Lipinski definition) is 4. The molecule has 5 nitrogen and oxygen atoms in total. The van der Waals surface area contributed by atoms with E-state index in [1.165, 1.54) is 0 Å². The van der Waals surface area contributed by atoms with Crippen molar-refractivity contribution in [1.29, 1.82) is 0 Å². The van der Waals surface area contributed by atoms with Crippen LogP contribution < -0.4 is 14.8 Å². The highest BCUT2D eigenvalue weighted by Gasteiger charge is 2.18. The van der Waals surface area contributed by atoms with Crippen molar-refractivity contribution in [3.63, 3.8) is 0 Å². The summed E-state index contributed by atoms with van der Waals surface area (Å²) in [5, 5.41) is 3.37. The van der Waals surface area contributed by atoms with Gasteiger partial charge in [-0.1, -0.05) is 22.0 Å². The molecule has 2 aromatic rings. The minimum absolute atomic E-state index is 0.216. The van der Waals surface area contributed by atoms with Crippen molar-refractivity contribution in [2.45, 2.75) is 24.3 Å². The molecule has 3 rings (SSSR count). The molecule has 0 spiro atoms. The Morgan fingerprint density at radius 2 is 1.92 bits per heavy atom. The number of sulfonamides is 1. The van der Waals surface area contributed by atoms with Crippen molar-refractivity contribution in [3.05, 3.63) is 58.6 Å². The quantitative estimate of drug-likeness (QED) is 0.742. The van der Waals surface area contributed by atoms with Gasteiger partial charge >= 0.3 is 0 Å². The normalized spacial score (nSPS) is 17.5. The van der Waals surface area contributed by atoms with Gasteiger partial charge in [0.05, 0.1) is 12.0 Å². The Labute approximate surface area is 162 Å². The van der Waals surface area contributed by atoms with Crippen molar-refractivity contribution >= 4 is 37.2 Å². The maximum atomic E-state index is 12.6. The third-order valence-electron chi connectivity index (χ3n) is 4.26. The van der Waals surface area contributed by atoms with Crippen LogP contribution in [0.15, 0.2) is 57.9 Å². The summed E-state index contributed by atoms with van der Waals surface area (Å²) in [6, 6.07) is 12.2. The fraction of sp³-hybridized carbons (Fsp3) is 0.263. The van der Waals surface area contributed by atoms with Gasteiger partial charge in [0, 0.05) is 28.3 Å². The van der Waals surface area contributed by atoms with Crippen LogP contribution in [0.2, 0.25) is 0 Å². The van der Waals surface area contributed by atoms with Crippen molar-refractivity contribution in [2.24, 2.45) is 0 Å². The highest BCUT2D eigenvalue weighted by Crippen LogP contribution is 2.33. The predicted octanol–water partition coefficient (Wildman–Crippen LogP) is 4.02. The molecule has 0 amide bonds. The van der Waals surface area contributed by atoms with Gasteiger partial charge in [0.2, 0.25) is 0 Å². The topological polar surface area (TPSA) is 67.4 Å². The molecule has 2 N–H and O–H groups in total. The van der Waals surface area contributed by atoms with Gasteiger partial charge in [-0.3, -0.25) is 4.72 Å². The summed E-state index contributed by atoms with van der Waals surface area (Å²) in [6.07, 6.45) is 2.98. The van der Waals surface area contributed by atoms with Crippen LogP contribution in [0.4, 0.5) is 5.69 Å². The molecule has 0 saturated heterocycles. The van der Waals surface area contributed by atoms with Crippen LogP contribution in [-0.4, -0.2) is 28.1 Å². The summed E-state index contributed by atoms with van der Waals surface area (Å²) in [6.45, 7) is 2.91. The number of methoxy groups -OCH3 is 1. The molecule has 0 radical (unpaired) electrons. The molecule has 7 heteroatoms. The number of hydrogen-bond donors (Lipinski definition) is 2. The van der Waals surface area contributed by atoms with Gasteiger partial charge in [-0.2, -0.15) is 0 Å². The van der Waals surface area contributed by atoms with E-state index < -0.39 is 10.0 Å². The maximum Gasteiger partial charge on any atom is 0.261 e. The first-order chi connectivity index (χ1) is 12.4. The van der Waals surface area contributed by atoms with E-state index in [2.05, 4.69) is 39.0 Å². The first kappa shape index (κ1) is 18.9. The summed E-state index contributed by atoms with van der Waals surface area (Å²) in [7, 11) is -2.03. The molecule has 1 heterocycles. The van der Waals surface area contributed by atoms with Gasteiger partial charge in [-0.25, -0.2) is 8.42 Å². The number of halogens is 1. The van der Waals surface area contributed by atoms with Crippen molar-refractivity contribution < 1.29 is 13.2 Å². The Bertz CT molecular complexity index is 924. The Balaban J connectivity index is 1.92. The molecule has 0 aliphatic carbocycles. The Morgan fingerprint density at radius 3 is 2.58 bits per heavy atom. The van der Waals surface area contributed by atoms with Crippen LogP contribution in [0.1, 0.15) is 18.9 Å². The van der Waals surface area contributed by atoms with Gasteiger partial charge in [0.15, 0.2) is 0 Å². The number of rotatable bonds is 5. The van der Waals surface area contributed by atoms with Gasteiger partial charge < -0.3 is 10.1 Å². The predicted molar refractivity (Wildman–Crippen MR) is 108 cm³/mol. The first-order valence-electron chi connectivity index (χ1n) is 8.28. The smallest absolute Gasteiger partial charge is 0.261 e. The van der Waals surface area contributed by atoms with Crippen LogP contribution in [0, 0.1) is 0 Å². The van der Waals surface area contributed by atoms with Crippen LogP contribution in [0.25, 0.3) is 5.57 Å². The van der Waals surface area contributed by atoms with Gasteiger partial charge in [-0.15, -0.1) is 0 Å². The third kappa shape index (κ3) is 4.28. The highest BCUT2D eigenvalue weighted by atomic mass is 79.9. The molecular formula is C19H21BrN2O3S. The van der Waals surface area contributed by atoms with Gasteiger partial charge in [-0.05, 0) is 61.4 Å². The lowest BCUT2D eigenvalue weighted by atomic mass is 9.95. The molecule has 1 atom stereocenters. The lowest BCUT2D eigenvalue weighted by molar-refractivity contribution is 0.413. The third-order valence-corrected chi connectivity index (χ3v) is 6.19. The summed E-state index contributed by atoms with van der Waals surface area (Å²) < 4.78 is 34.2. The summed E-state index contributed by atoms with van der Waals surface area (Å²) >= 11 is 3.31. The van der Waals surface area contributed by atoms with Crippen LogP contribution in [0.5, 0.6) is 5.75 Å². The lowest BCUT2D eigenvalue weighted by Gasteiger charge is -2.22. The minimum atomic E-state index is -3.65. The Kier molecular flexibility index (Phi) is 5.70. The lowest BCUT2D eigenvalue weighted by Crippen LogP contribution is -2.30. The van der Waals surface area contributed by atoms with Crippen LogP contribution >= 0.6 is 15.9 Å². The van der Waals surface area contributed by atoms with E-state index in [-0.39, 0.29) is 4.90 Å². The molecule has 1 unspecified atom stereocenters. The van der Waals surface area contributed by atoms with Crippen molar-refractivity contribution in [3.8, 4) is 5.75 Å². The number of anilines is 1. The standard InChI is InChI=1S/C19H21BrN2O3S/c1-13-11-14(9-10-21-13)18-12-16(5-8-19(18)25-2)22-26(23,24)17-6-3-15(20)4-7-17/h3-9,12-13,21-22H,10-11H2,1-2H3. The molecule has 138 valence electrons. The van der Waals surface area contributed by atoms with Gasteiger partial charge in [0.1, 0.15) is 5.75 Å². The highest BCUT2D eigenvalue weighted by molar-refractivity contribution is 9.10. The van der Waals surface area contributed by atoms with Crippen LogP contribution in [0.3, 0.4) is 0 Å². The minimum Gasteiger partial charge on any atom is -0.496 e. The number of ether oxygens (including phenoxy) is 1. The van der Waals surface area contributed by atoms with Crippen LogP contribution in [-0.2, 0) is 10.0 Å². The summed E-state index contributed by atoms with van der Waals surface area (Å²) in [5.74, 6) is 0.733. The number of benzene rings is 2. The Morgan fingerprint density at radius 1 is 1.19 bits per heavy atom. The maximum absolute atomic E-state index is 12.6. The van der Waals surface area contributed by atoms with E-state index >= 15 is 0 Å². The fourth-order valence-corrected chi connectivity index (χ4v) is 4.25. The van der Waals surface area contributed by atoms with E-state index in [0.717, 1.165) is 34.3 Å². The SMILES string of the molecule is COc1ccc(NS(=O)(=O)c2ccc(Br)cc2)cc1C1=CCNC(C)C1. The average molecular weight is 437 g/mol. The van der Waals surface area contributed by atoms with E-state index in [0.29, 0.717) is 11.7 Å². The molecular weight excluding hydrogens is 416 g/mol.